The summed E-state index contributed by atoms with van der Waals surface area (Å²) in [6.45, 7) is 4.35. The third-order valence-corrected chi connectivity index (χ3v) is 3.83. The summed E-state index contributed by atoms with van der Waals surface area (Å²) >= 11 is 0. The fourth-order valence-electron chi connectivity index (χ4n) is 2.52. The van der Waals surface area contributed by atoms with E-state index in [4.69, 9.17) is 4.74 Å². The second-order valence-corrected chi connectivity index (χ2v) is 6.13. The van der Waals surface area contributed by atoms with E-state index in [9.17, 15) is 9.59 Å². The molecule has 0 unspecified atom stereocenters. The first-order chi connectivity index (χ1) is 11.5. The molecule has 1 aromatic heterocycles. The Morgan fingerprint density at radius 3 is 2.46 bits per heavy atom. The number of benzene rings is 1. The van der Waals surface area contributed by atoms with Gasteiger partial charge in [0, 0.05) is 12.8 Å². The summed E-state index contributed by atoms with van der Waals surface area (Å²) in [5.74, 6) is -0.182. The summed E-state index contributed by atoms with van der Waals surface area (Å²) in [5, 5.41) is 2.89. The van der Waals surface area contributed by atoms with E-state index in [1.807, 2.05) is 44.2 Å². The van der Waals surface area contributed by atoms with Gasteiger partial charge in [0.2, 0.25) is 0 Å². The molecule has 0 bridgehead atoms. The van der Waals surface area contributed by atoms with Crippen LogP contribution in [0.3, 0.4) is 0 Å². The molecule has 2 rings (SSSR count). The Morgan fingerprint density at radius 1 is 1.17 bits per heavy atom. The predicted octanol–water partition coefficient (Wildman–Crippen LogP) is 2.49. The first-order valence-electron chi connectivity index (χ1n) is 8.08. The van der Waals surface area contributed by atoms with Gasteiger partial charge in [0.05, 0.1) is 12.6 Å². The van der Waals surface area contributed by atoms with Crippen molar-refractivity contribution in [3.05, 3.63) is 69.6 Å². The SMILES string of the molecule is COC[C@H](Cc1ccccc1)NC(=O)c1ccc(C(C)C)[nH]c1=O. The number of amides is 1. The molecule has 0 aliphatic heterocycles. The maximum absolute atomic E-state index is 12.4. The topological polar surface area (TPSA) is 71.2 Å². The molecular formula is C19H24N2O3. The average Bonchev–Trinajstić information content (AvgIpc) is 2.55. The van der Waals surface area contributed by atoms with Crippen LogP contribution in [0, 0.1) is 0 Å². The van der Waals surface area contributed by atoms with Gasteiger partial charge in [0.15, 0.2) is 0 Å². The van der Waals surface area contributed by atoms with Crippen molar-refractivity contribution >= 4 is 5.91 Å². The van der Waals surface area contributed by atoms with E-state index in [1.54, 1.807) is 19.2 Å². The number of pyridine rings is 1. The minimum absolute atomic E-state index is 0.119. The van der Waals surface area contributed by atoms with E-state index in [0.717, 1.165) is 11.3 Å². The van der Waals surface area contributed by atoms with Crippen LogP contribution < -0.4 is 10.9 Å². The lowest BCUT2D eigenvalue weighted by Crippen LogP contribution is -2.41. The Morgan fingerprint density at radius 2 is 1.88 bits per heavy atom. The zero-order valence-electron chi connectivity index (χ0n) is 14.3. The zero-order valence-corrected chi connectivity index (χ0v) is 14.3. The van der Waals surface area contributed by atoms with Gasteiger partial charge in [0.1, 0.15) is 5.56 Å². The highest BCUT2D eigenvalue weighted by Crippen LogP contribution is 2.09. The van der Waals surface area contributed by atoms with Crippen LogP contribution in [0.4, 0.5) is 0 Å². The van der Waals surface area contributed by atoms with Gasteiger partial charge in [-0.2, -0.15) is 0 Å². The van der Waals surface area contributed by atoms with Crippen molar-refractivity contribution in [2.45, 2.75) is 32.2 Å². The molecule has 0 radical (unpaired) electrons. The number of hydrogen-bond acceptors (Lipinski definition) is 3. The number of methoxy groups -OCH3 is 1. The first-order valence-corrected chi connectivity index (χ1v) is 8.08. The van der Waals surface area contributed by atoms with Crippen LogP contribution >= 0.6 is 0 Å². The number of rotatable bonds is 7. The number of aromatic nitrogens is 1. The number of carbonyl (C=O) groups excluding carboxylic acids is 1. The zero-order chi connectivity index (χ0) is 17.5. The Balaban J connectivity index is 2.11. The van der Waals surface area contributed by atoms with Crippen LogP contribution in [0.1, 0.15) is 41.4 Å². The Labute approximate surface area is 142 Å². The minimum atomic E-state index is -0.385. The van der Waals surface area contributed by atoms with Crippen LogP contribution in [0.15, 0.2) is 47.3 Å². The standard InChI is InChI=1S/C19H24N2O3/c1-13(2)17-10-9-16(19(23)21-17)18(22)20-15(12-24-3)11-14-7-5-4-6-8-14/h4-10,13,15H,11-12H2,1-3H3,(H,20,22)(H,21,23)/t15-/m0/s1. The maximum Gasteiger partial charge on any atom is 0.261 e. The first kappa shape index (κ1) is 17.9. The molecular weight excluding hydrogens is 304 g/mol. The lowest BCUT2D eigenvalue weighted by Gasteiger charge is -2.18. The molecule has 5 heteroatoms. The summed E-state index contributed by atoms with van der Waals surface area (Å²) in [5.41, 5.74) is 1.67. The second kappa shape index (κ2) is 8.45. The Bertz CT molecular complexity index is 723. The highest BCUT2D eigenvalue weighted by atomic mass is 16.5. The lowest BCUT2D eigenvalue weighted by atomic mass is 10.1. The second-order valence-electron chi connectivity index (χ2n) is 6.13. The number of carbonyl (C=O) groups is 1. The van der Waals surface area contributed by atoms with Gasteiger partial charge >= 0.3 is 0 Å². The molecule has 2 N–H and O–H groups in total. The quantitative estimate of drug-likeness (QED) is 0.820. The van der Waals surface area contributed by atoms with E-state index >= 15 is 0 Å². The summed E-state index contributed by atoms with van der Waals surface area (Å²) in [6, 6.07) is 13.0. The van der Waals surface area contributed by atoms with Crippen molar-refractivity contribution in [2.75, 3.05) is 13.7 Å². The van der Waals surface area contributed by atoms with Gasteiger partial charge in [-0.25, -0.2) is 0 Å². The van der Waals surface area contributed by atoms with E-state index < -0.39 is 0 Å². The van der Waals surface area contributed by atoms with Crippen LogP contribution in [0.25, 0.3) is 0 Å². The van der Waals surface area contributed by atoms with Crippen molar-refractivity contribution in [1.29, 1.82) is 0 Å². The van der Waals surface area contributed by atoms with Crippen molar-refractivity contribution in [1.82, 2.24) is 10.3 Å². The van der Waals surface area contributed by atoms with E-state index in [2.05, 4.69) is 10.3 Å². The molecule has 5 nitrogen and oxygen atoms in total. The highest BCUT2D eigenvalue weighted by molar-refractivity contribution is 5.94. The Kier molecular flexibility index (Phi) is 6.32. The smallest absolute Gasteiger partial charge is 0.261 e. The number of ether oxygens (including phenoxy) is 1. The van der Waals surface area contributed by atoms with Gasteiger partial charge in [0.25, 0.3) is 11.5 Å². The Hall–Kier alpha value is -2.40. The molecule has 24 heavy (non-hydrogen) atoms. The highest BCUT2D eigenvalue weighted by Gasteiger charge is 2.17. The molecule has 1 amide bonds. The summed E-state index contributed by atoms with van der Waals surface area (Å²) in [4.78, 5) is 27.3. The molecule has 128 valence electrons. The number of hydrogen-bond donors (Lipinski definition) is 2. The summed E-state index contributed by atoms with van der Waals surface area (Å²) in [7, 11) is 1.59. The van der Waals surface area contributed by atoms with Gasteiger partial charge in [-0.15, -0.1) is 0 Å². The summed E-state index contributed by atoms with van der Waals surface area (Å²) < 4.78 is 5.19. The largest absolute Gasteiger partial charge is 0.383 e. The van der Waals surface area contributed by atoms with Crippen molar-refractivity contribution in [2.24, 2.45) is 0 Å². The minimum Gasteiger partial charge on any atom is -0.383 e. The van der Waals surface area contributed by atoms with Gasteiger partial charge < -0.3 is 15.0 Å². The van der Waals surface area contributed by atoms with Gasteiger partial charge in [-0.1, -0.05) is 44.2 Å². The molecule has 0 spiro atoms. The van der Waals surface area contributed by atoms with Crippen molar-refractivity contribution in [3.8, 4) is 0 Å². The third kappa shape index (κ3) is 4.80. The molecule has 0 fully saturated rings. The third-order valence-electron chi connectivity index (χ3n) is 3.83. The van der Waals surface area contributed by atoms with E-state index in [0.29, 0.717) is 13.0 Å². The summed E-state index contributed by atoms with van der Waals surface area (Å²) in [6.07, 6.45) is 0.641. The molecule has 1 atom stereocenters. The molecule has 0 aliphatic carbocycles. The van der Waals surface area contributed by atoms with Crippen LogP contribution in [0.5, 0.6) is 0 Å². The molecule has 0 aliphatic rings. The fraction of sp³-hybridized carbons (Fsp3) is 0.368. The van der Waals surface area contributed by atoms with Crippen LogP contribution in [-0.4, -0.2) is 30.6 Å². The van der Waals surface area contributed by atoms with E-state index in [-0.39, 0.29) is 29.0 Å². The monoisotopic (exact) mass is 328 g/mol. The normalized spacial score (nSPS) is 12.2. The molecule has 0 saturated heterocycles. The molecule has 1 aromatic carbocycles. The number of aromatic amines is 1. The lowest BCUT2D eigenvalue weighted by molar-refractivity contribution is 0.0895. The number of nitrogens with one attached hydrogen (secondary N) is 2. The van der Waals surface area contributed by atoms with E-state index in [1.165, 1.54) is 0 Å². The van der Waals surface area contributed by atoms with Crippen molar-refractivity contribution < 1.29 is 9.53 Å². The predicted molar refractivity (Wildman–Crippen MR) is 94.4 cm³/mol. The average molecular weight is 328 g/mol. The molecule has 0 saturated carbocycles. The fourth-order valence-corrected chi connectivity index (χ4v) is 2.52. The van der Waals surface area contributed by atoms with Crippen LogP contribution in [-0.2, 0) is 11.2 Å². The number of H-pyrrole nitrogens is 1. The molecule has 2 aromatic rings. The maximum atomic E-state index is 12.4. The van der Waals surface area contributed by atoms with Gasteiger partial charge in [-0.05, 0) is 30.0 Å². The molecule has 1 heterocycles. The van der Waals surface area contributed by atoms with Crippen LogP contribution in [0.2, 0.25) is 0 Å². The van der Waals surface area contributed by atoms with Gasteiger partial charge in [-0.3, -0.25) is 9.59 Å². The van der Waals surface area contributed by atoms with Crippen molar-refractivity contribution in [3.63, 3.8) is 0 Å².